The van der Waals surface area contributed by atoms with Crippen LogP contribution in [-0.4, -0.2) is 25.5 Å². The Labute approximate surface area is 228 Å². The van der Waals surface area contributed by atoms with E-state index in [1.165, 1.54) is 161 Å². The molecule has 0 radical (unpaired) electrons. The summed E-state index contributed by atoms with van der Waals surface area (Å²) in [5.74, 6) is 0.142. The summed E-state index contributed by atoms with van der Waals surface area (Å²) >= 11 is 0. The number of nitrogens with one attached hydrogen (secondary N) is 2. The van der Waals surface area contributed by atoms with Gasteiger partial charge in [-0.05, 0) is 19.4 Å². The first kappa shape index (κ1) is 35.4. The molecule has 0 unspecified atom stereocenters. The quantitative estimate of drug-likeness (QED) is 0.0914. The highest BCUT2D eigenvalue weighted by atomic mass is 16.1. The average Bonchev–Trinajstić information content (AvgIpc) is 2.88. The lowest BCUT2D eigenvalue weighted by molar-refractivity contribution is -0.120. The van der Waals surface area contributed by atoms with Gasteiger partial charge in [-0.2, -0.15) is 0 Å². The largest absolute Gasteiger partial charge is 0.355 e. The van der Waals surface area contributed by atoms with Crippen molar-refractivity contribution in [2.45, 2.75) is 187 Å². The van der Waals surface area contributed by atoms with Gasteiger partial charge in [0, 0.05) is 6.54 Å². The Balaban J connectivity index is 3.06. The maximum Gasteiger partial charge on any atom is 0.233 e. The minimum absolute atomic E-state index is 0.142. The number of hydrogen-bond donors (Lipinski definition) is 2. The zero-order valence-corrected chi connectivity index (χ0v) is 25.1. The molecule has 0 aliphatic carbocycles. The van der Waals surface area contributed by atoms with Gasteiger partial charge in [0.15, 0.2) is 0 Å². The predicted molar refractivity (Wildman–Crippen MR) is 162 cm³/mol. The van der Waals surface area contributed by atoms with E-state index in [0.29, 0.717) is 6.54 Å². The molecule has 0 aromatic heterocycles. The molecule has 0 atom stereocenters. The molecule has 0 saturated carbocycles. The van der Waals surface area contributed by atoms with Crippen molar-refractivity contribution in [2.75, 3.05) is 19.6 Å². The fraction of sp³-hybridized carbons (Fsp3) is 0.970. The standard InChI is InChI=1S/C33H68N2O/c1-3-5-6-7-8-9-10-11-12-13-14-15-16-17-18-19-20-21-22-23-24-25-26-27-28-29-31-35-33(36)32-34-30-4-2/h34H,3-32H2,1-2H3,(H,35,36). The first-order valence-corrected chi connectivity index (χ1v) is 16.8. The van der Waals surface area contributed by atoms with Crippen LogP contribution in [0.2, 0.25) is 0 Å². The summed E-state index contributed by atoms with van der Waals surface area (Å²) in [5, 5.41) is 6.15. The van der Waals surface area contributed by atoms with Crippen molar-refractivity contribution >= 4 is 5.91 Å². The van der Waals surface area contributed by atoms with Crippen molar-refractivity contribution in [2.24, 2.45) is 0 Å². The average molecular weight is 509 g/mol. The Morgan fingerprint density at radius 3 is 1.00 bits per heavy atom. The molecule has 0 aliphatic rings. The predicted octanol–water partition coefficient (Wildman–Crippen LogP) is 10.3. The summed E-state index contributed by atoms with van der Waals surface area (Å²) in [4.78, 5) is 11.6. The van der Waals surface area contributed by atoms with Crippen molar-refractivity contribution in [3.05, 3.63) is 0 Å². The number of carbonyl (C=O) groups is 1. The van der Waals surface area contributed by atoms with Crippen molar-refractivity contribution in [3.8, 4) is 0 Å². The van der Waals surface area contributed by atoms with Crippen LogP contribution in [0.3, 0.4) is 0 Å². The van der Waals surface area contributed by atoms with E-state index in [2.05, 4.69) is 24.5 Å². The van der Waals surface area contributed by atoms with E-state index in [1.807, 2.05) is 0 Å². The molecule has 0 spiro atoms. The van der Waals surface area contributed by atoms with Crippen LogP contribution in [0, 0.1) is 0 Å². The summed E-state index contributed by atoms with van der Waals surface area (Å²) in [6, 6.07) is 0. The van der Waals surface area contributed by atoms with Gasteiger partial charge in [-0.15, -0.1) is 0 Å². The molecule has 3 nitrogen and oxygen atoms in total. The molecule has 3 heteroatoms. The minimum Gasteiger partial charge on any atom is -0.355 e. The highest BCUT2D eigenvalue weighted by Crippen LogP contribution is 2.15. The Kier molecular flexibility index (Phi) is 31.9. The third-order valence-electron chi connectivity index (χ3n) is 7.56. The molecule has 0 saturated heterocycles. The van der Waals surface area contributed by atoms with E-state index in [1.54, 1.807) is 0 Å². The van der Waals surface area contributed by atoms with E-state index in [4.69, 9.17) is 0 Å². The van der Waals surface area contributed by atoms with Crippen LogP contribution in [0.5, 0.6) is 0 Å². The Morgan fingerprint density at radius 1 is 0.389 bits per heavy atom. The number of rotatable bonds is 31. The van der Waals surface area contributed by atoms with E-state index < -0.39 is 0 Å². The Morgan fingerprint density at radius 2 is 0.694 bits per heavy atom. The maximum absolute atomic E-state index is 11.6. The van der Waals surface area contributed by atoms with Gasteiger partial charge < -0.3 is 10.6 Å². The molecule has 0 bridgehead atoms. The zero-order chi connectivity index (χ0) is 26.2. The number of amides is 1. The molecule has 2 N–H and O–H groups in total. The first-order valence-electron chi connectivity index (χ1n) is 16.8. The van der Waals surface area contributed by atoms with Crippen LogP contribution in [0.1, 0.15) is 187 Å². The fourth-order valence-corrected chi connectivity index (χ4v) is 5.11. The normalized spacial score (nSPS) is 11.3. The van der Waals surface area contributed by atoms with Crippen LogP contribution in [0.15, 0.2) is 0 Å². The third-order valence-corrected chi connectivity index (χ3v) is 7.56. The lowest BCUT2D eigenvalue weighted by atomic mass is 10.0. The third kappa shape index (κ3) is 31.5. The molecule has 0 aromatic carbocycles. The molecule has 0 fully saturated rings. The second-order valence-electron chi connectivity index (χ2n) is 11.4. The van der Waals surface area contributed by atoms with Crippen molar-refractivity contribution < 1.29 is 4.79 Å². The van der Waals surface area contributed by atoms with Crippen LogP contribution < -0.4 is 10.6 Å². The zero-order valence-electron chi connectivity index (χ0n) is 25.1. The van der Waals surface area contributed by atoms with Crippen LogP contribution in [0.4, 0.5) is 0 Å². The molecule has 0 rings (SSSR count). The summed E-state index contributed by atoms with van der Waals surface area (Å²) in [5.41, 5.74) is 0. The minimum atomic E-state index is 0.142. The van der Waals surface area contributed by atoms with Crippen molar-refractivity contribution in [3.63, 3.8) is 0 Å². The lowest BCUT2D eigenvalue weighted by Gasteiger charge is -2.06. The van der Waals surface area contributed by atoms with Gasteiger partial charge >= 0.3 is 0 Å². The smallest absolute Gasteiger partial charge is 0.233 e. The van der Waals surface area contributed by atoms with Gasteiger partial charge in [0.2, 0.25) is 5.91 Å². The SMILES string of the molecule is CCCCCCCCCCCCCCCCCCCCCCCCCCCCNC(=O)CNCCC. The topological polar surface area (TPSA) is 41.1 Å². The van der Waals surface area contributed by atoms with E-state index in [-0.39, 0.29) is 5.91 Å². The first-order chi connectivity index (χ1) is 17.8. The van der Waals surface area contributed by atoms with Crippen LogP contribution in [0.25, 0.3) is 0 Å². The summed E-state index contributed by atoms with van der Waals surface area (Å²) in [7, 11) is 0. The molecular formula is C33H68N2O. The second-order valence-corrected chi connectivity index (χ2v) is 11.4. The van der Waals surface area contributed by atoms with Crippen LogP contribution >= 0.6 is 0 Å². The highest BCUT2D eigenvalue weighted by molar-refractivity contribution is 5.77. The maximum atomic E-state index is 11.6. The second kappa shape index (κ2) is 32.5. The van der Waals surface area contributed by atoms with E-state index in [0.717, 1.165) is 25.9 Å². The Bertz CT molecular complexity index is 412. The number of carbonyl (C=O) groups excluding carboxylic acids is 1. The van der Waals surface area contributed by atoms with Gasteiger partial charge in [-0.1, -0.05) is 174 Å². The Hall–Kier alpha value is -0.570. The molecule has 0 aromatic rings. The van der Waals surface area contributed by atoms with Gasteiger partial charge in [0.1, 0.15) is 0 Å². The van der Waals surface area contributed by atoms with Gasteiger partial charge in [-0.25, -0.2) is 0 Å². The molecule has 1 amide bonds. The monoisotopic (exact) mass is 509 g/mol. The fourth-order valence-electron chi connectivity index (χ4n) is 5.11. The van der Waals surface area contributed by atoms with Gasteiger partial charge in [0.05, 0.1) is 6.54 Å². The number of hydrogen-bond acceptors (Lipinski definition) is 2. The molecule has 0 aliphatic heterocycles. The van der Waals surface area contributed by atoms with Crippen LogP contribution in [-0.2, 0) is 4.79 Å². The lowest BCUT2D eigenvalue weighted by Crippen LogP contribution is -2.34. The molecular weight excluding hydrogens is 440 g/mol. The van der Waals surface area contributed by atoms with E-state index in [9.17, 15) is 4.79 Å². The molecule has 216 valence electrons. The summed E-state index contributed by atoms with van der Waals surface area (Å²) < 4.78 is 0. The van der Waals surface area contributed by atoms with Crippen molar-refractivity contribution in [1.82, 2.24) is 10.6 Å². The van der Waals surface area contributed by atoms with Gasteiger partial charge in [0.25, 0.3) is 0 Å². The highest BCUT2D eigenvalue weighted by Gasteiger charge is 1.99. The summed E-state index contributed by atoms with van der Waals surface area (Å²) in [6.07, 6.45) is 38.1. The van der Waals surface area contributed by atoms with Crippen molar-refractivity contribution in [1.29, 1.82) is 0 Å². The van der Waals surface area contributed by atoms with Gasteiger partial charge in [-0.3, -0.25) is 4.79 Å². The molecule has 0 heterocycles. The summed E-state index contributed by atoms with van der Waals surface area (Å²) in [6.45, 7) is 6.65. The van der Waals surface area contributed by atoms with E-state index >= 15 is 0 Å². The molecule has 36 heavy (non-hydrogen) atoms. The number of unbranched alkanes of at least 4 members (excludes halogenated alkanes) is 25.